The third-order valence-corrected chi connectivity index (χ3v) is 6.00. The van der Waals surface area contributed by atoms with Gasteiger partial charge in [-0.2, -0.15) is 17.0 Å². The SMILES string of the molecule is COC1CCN(S(=O)(=O)N2CCCC2)C(CN)C1. The molecule has 0 spiro atoms. The van der Waals surface area contributed by atoms with Crippen LogP contribution in [-0.4, -0.2) is 62.5 Å². The van der Waals surface area contributed by atoms with Crippen LogP contribution in [0.25, 0.3) is 0 Å². The highest BCUT2D eigenvalue weighted by Gasteiger charge is 2.39. The van der Waals surface area contributed by atoms with Crippen molar-refractivity contribution in [3.63, 3.8) is 0 Å². The fourth-order valence-corrected chi connectivity index (χ4v) is 4.69. The van der Waals surface area contributed by atoms with Gasteiger partial charge in [-0.1, -0.05) is 0 Å². The zero-order chi connectivity index (χ0) is 13.2. The van der Waals surface area contributed by atoms with Crippen LogP contribution in [0.3, 0.4) is 0 Å². The summed E-state index contributed by atoms with van der Waals surface area (Å²) < 4.78 is 33.5. The quantitative estimate of drug-likeness (QED) is 0.770. The standard InChI is InChI=1S/C11H23N3O3S/c1-17-11-4-7-14(10(8-11)9-12)18(15,16)13-5-2-3-6-13/h10-11H,2-9,12H2,1H3. The van der Waals surface area contributed by atoms with Crippen molar-refractivity contribution >= 4 is 10.2 Å². The largest absolute Gasteiger partial charge is 0.381 e. The molecular formula is C11H23N3O3S. The van der Waals surface area contributed by atoms with Gasteiger partial charge in [0.25, 0.3) is 10.2 Å². The lowest BCUT2D eigenvalue weighted by molar-refractivity contribution is 0.0386. The second kappa shape index (κ2) is 5.83. The molecule has 2 saturated heterocycles. The van der Waals surface area contributed by atoms with Gasteiger partial charge in [0.05, 0.1) is 6.10 Å². The van der Waals surface area contributed by atoms with Gasteiger partial charge in [-0.3, -0.25) is 0 Å². The molecule has 0 bridgehead atoms. The van der Waals surface area contributed by atoms with Crippen molar-refractivity contribution in [3.8, 4) is 0 Å². The summed E-state index contributed by atoms with van der Waals surface area (Å²) in [7, 11) is -1.65. The van der Waals surface area contributed by atoms with E-state index in [0.717, 1.165) is 19.3 Å². The van der Waals surface area contributed by atoms with E-state index in [9.17, 15) is 8.42 Å². The van der Waals surface area contributed by atoms with Gasteiger partial charge in [0.2, 0.25) is 0 Å². The Morgan fingerprint density at radius 3 is 2.50 bits per heavy atom. The molecule has 0 aliphatic carbocycles. The third kappa shape index (κ3) is 2.70. The predicted octanol–water partition coefficient (Wildman–Crippen LogP) is -0.235. The molecule has 0 saturated carbocycles. The monoisotopic (exact) mass is 277 g/mol. The highest BCUT2D eigenvalue weighted by atomic mass is 32.2. The Morgan fingerprint density at radius 1 is 1.28 bits per heavy atom. The summed E-state index contributed by atoms with van der Waals surface area (Å²) in [6, 6.07) is -0.130. The molecule has 18 heavy (non-hydrogen) atoms. The molecule has 0 aromatic rings. The van der Waals surface area contributed by atoms with Crippen molar-refractivity contribution in [2.45, 2.75) is 37.8 Å². The summed E-state index contributed by atoms with van der Waals surface area (Å²) in [5.41, 5.74) is 5.73. The van der Waals surface area contributed by atoms with E-state index in [1.807, 2.05) is 0 Å². The number of rotatable bonds is 4. The van der Waals surface area contributed by atoms with Crippen LogP contribution in [0.2, 0.25) is 0 Å². The molecular weight excluding hydrogens is 254 g/mol. The first kappa shape index (κ1) is 14.2. The van der Waals surface area contributed by atoms with Crippen LogP contribution in [0.15, 0.2) is 0 Å². The summed E-state index contributed by atoms with van der Waals surface area (Å²) >= 11 is 0. The van der Waals surface area contributed by atoms with Crippen molar-refractivity contribution in [3.05, 3.63) is 0 Å². The van der Waals surface area contributed by atoms with Crippen molar-refractivity contribution < 1.29 is 13.2 Å². The van der Waals surface area contributed by atoms with E-state index in [0.29, 0.717) is 32.6 Å². The maximum Gasteiger partial charge on any atom is 0.282 e. The Hall–Kier alpha value is -0.210. The molecule has 2 unspecified atom stereocenters. The first-order chi connectivity index (χ1) is 8.59. The molecule has 2 aliphatic rings. The van der Waals surface area contributed by atoms with Gasteiger partial charge in [0, 0.05) is 39.3 Å². The van der Waals surface area contributed by atoms with E-state index in [4.69, 9.17) is 10.5 Å². The van der Waals surface area contributed by atoms with E-state index >= 15 is 0 Å². The molecule has 2 heterocycles. The second-order valence-electron chi connectivity index (χ2n) is 5.00. The number of nitrogens with two attached hydrogens (primary N) is 1. The molecule has 0 aromatic heterocycles. The molecule has 2 rings (SSSR count). The lowest BCUT2D eigenvalue weighted by Gasteiger charge is -2.39. The molecule has 0 aromatic carbocycles. The molecule has 0 radical (unpaired) electrons. The van der Waals surface area contributed by atoms with Gasteiger partial charge in [-0.25, -0.2) is 0 Å². The van der Waals surface area contributed by atoms with E-state index in [1.165, 1.54) is 0 Å². The van der Waals surface area contributed by atoms with Gasteiger partial charge in [0.1, 0.15) is 0 Å². The van der Waals surface area contributed by atoms with Gasteiger partial charge >= 0.3 is 0 Å². The summed E-state index contributed by atoms with van der Waals surface area (Å²) in [6.07, 6.45) is 3.49. The van der Waals surface area contributed by atoms with E-state index < -0.39 is 10.2 Å². The average Bonchev–Trinajstić information content (AvgIpc) is 2.92. The van der Waals surface area contributed by atoms with Crippen molar-refractivity contribution in [2.24, 2.45) is 5.73 Å². The van der Waals surface area contributed by atoms with Crippen molar-refractivity contribution in [1.82, 2.24) is 8.61 Å². The van der Waals surface area contributed by atoms with Gasteiger partial charge < -0.3 is 10.5 Å². The first-order valence-corrected chi connectivity index (χ1v) is 7.99. The highest BCUT2D eigenvalue weighted by molar-refractivity contribution is 7.86. The second-order valence-corrected chi connectivity index (χ2v) is 6.88. The summed E-state index contributed by atoms with van der Waals surface area (Å²) in [5, 5.41) is 0. The minimum Gasteiger partial charge on any atom is -0.381 e. The lowest BCUT2D eigenvalue weighted by Crippen LogP contribution is -2.54. The fourth-order valence-electron chi connectivity index (χ4n) is 2.79. The average molecular weight is 277 g/mol. The fraction of sp³-hybridized carbons (Fsp3) is 1.00. The maximum absolute atomic E-state index is 12.5. The van der Waals surface area contributed by atoms with Crippen LogP contribution in [0, 0.1) is 0 Å². The first-order valence-electron chi connectivity index (χ1n) is 6.59. The Morgan fingerprint density at radius 2 is 1.94 bits per heavy atom. The number of methoxy groups -OCH3 is 1. The van der Waals surface area contributed by atoms with Gasteiger partial charge in [-0.15, -0.1) is 0 Å². The summed E-state index contributed by atoms with van der Waals surface area (Å²) in [4.78, 5) is 0. The molecule has 0 amide bonds. The number of hydrogen-bond donors (Lipinski definition) is 1. The Bertz CT molecular complexity index is 368. The predicted molar refractivity (Wildman–Crippen MR) is 69.3 cm³/mol. The van der Waals surface area contributed by atoms with Crippen LogP contribution in [0.5, 0.6) is 0 Å². The molecule has 6 nitrogen and oxygen atoms in total. The van der Waals surface area contributed by atoms with Crippen LogP contribution in [-0.2, 0) is 14.9 Å². The molecule has 2 aliphatic heterocycles. The summed E-state index contributed by atoms with van der Waals surface area (Å²) in [6.45, 7) is 2.15. The maximum atomic E-state index is 12.5. The van der Waals surface area contributed by atoms with Crippen LogP contribution in [0.1, 0.15) is 25.7 Å². The molecule has 106 valence electrons. The molecule has 2 N–H and O–H groups in total. The number of piperidine rings is 1. The third-order valence-electron chi connectivity index (χ3n) is 3.91. The van der Waals surface area contributed by atoms with Gasteiger partial charge in [0.15, 0.2) is 0 Å². The Balaban J connectivity index is 2.11. The smallest absolute Gasteiger partial charge is 0.282 e. The topological polar surface area (TPSA) is 75.9 Å². The number of nitrogens with zero attached hydrogens (tertiary/aromatic N) is 2. The number of ether oxygens (including phenoxy) is 1. The number of hydrogen-bond acceptors (Lipinski definition) is 4. The Labute approximate surface area is 109 Å². The Kier molecular flexibility index (Phi) is 4.60. The minimum absolute atomic E-state index is 0.128. The highest BCUT2D eigenvalue weighted by Crippen LogP contribution is 2.25. The van der Waals surface area contributed by atoms with Crippen molar-refractivity contribution in [2.75, 3.05) is 33.3 Å². The van der Waals surface area contributed by atoms with Crippen LogP contribution < -0.4 is 5.73 Å². The normalized spacial score (nSPS) is 31.9. The zero-order valence-electron chi connectivity index (χ0n) is 10.9. The van der Waals surface area contributed by atoms with E-state index in [2.05, 4.69) is 0 Å². The van der Waals surface area contributed by atoms with Gasteiger partial charge in [-0.05, 0) is 25.7 Å². The minimum atomic E-state index is -3.32. The molecule has 2 atom stereocenters. The molecule has 7 heteroatoms. The van der Waals surface area contributed by atoms with Crippen LogP contribution >= 0.6 is 0 Å². The van der Waals surface area contributed by atoms with Crippen LogP contribution in [0.4, 0.5) is 0 Å². The van der Waals surface area contributed by atoms with E-state index in [1.54, 1.807) is 15.7 Å². The lowest BCUT2D eigenvalue weighted by atomic mass is 10.0. The summed E-state index contributed by atoms with van der Waals surface area (Å²) in [5.74, 6) is 0. The van der Waals surface area contributed by atoms with E-state index in [-0.39, 0.29) is 12.1 Å². The molecule has 2 fully saturated rings. The van der Waals surface area contributed by atoms with Crippen molar-refractivity contribution in [1.29, 1.82) is 0 Å². The zero-order valence-corrected chi connectivity index (χ0v) is 11.7.